The zero-order valence-electron chi connectivity index (χ0n) is 30.7. The van der Waals surface area contributed by atoms with Crippen molar-refractivity contribution < 1.29 is 55.9 Å². The predicted octanol–water partition coefficient (Wildman–Crippen LogP) is 2.53. The van der Waals surface area contributed by atoms with E-state index in [0.717, 1.165) is 31.8 Å². The zero-order valence-corrected chi connectivity index (χ0v) is 34.2. The van der Waals surface area contributed by atoms with Gasteiger partial charge in [-0.05, 0) is 43.5 Å². The largest absolute Gasteiger partial charge is 0.756 e. The number of aromatic nitrogens is 4. The summed E-state index contributed by atoms with van der Waals surface area (Å²) in [7, 11) is -10.8. The summed E-state index contributed by atoms with van der Waals surface area (Å²) in [5.41, 5.74) is 9.93. The summed E-state index contributed by atoms with van der Waals surface area (Å²) in [6, 6.07) is 12.4. The second-order valence-electron chi connectivity index (χ2n) is 13.1. The molecule has 5 atom stereocenters. The molecule has 2 aliphatic heterocycles. The summed E-state index contributed by atoms with van der Waals surface area (Å²) in [4.78, 5) is 67.5. The van der Waals surface area contributed by atoms with Crippen LogP contribution in [-0.2, 0) is 36.4 Å². The molecule has 0 radical (unpaired) electrons. The molecule has 1 amide bonds. The van der Waals surface area contributed by atoms with E-state index in [2.05, 4.69) is 63.4 Å². The van der Waals surface area contributed by atoms with Crippen molar-refractivity contribution >= 4 is 73.5 Å². The molecule has 3 aliphatic rings. The number of nitrogen functional groups attached to an aromatic ring is 1. The molecule has 1 fully saturated rings. The van der Waals surface area contributed by atoms with Crippen molar-refractivity contribution in [2.24, 2.45) is 0 Å². The molecule has 3 unspecified atom stereocenters. The third-order valence-electron chi connectivity index (χ3n) is 8.67. The van der Waals surface area contributed by atoms with Crippen LogP contribution in [0.4, 0.5) is 11.5 Å². The van der Waals surface area contributed by atoms with Gasteiger partial charge < -0.3 is 44.8 Å². The van der Waals surface area contributed by atoms with Crippen LogP contribution >= 0.6 is 34.8 Å². The summed E-state index contributed by atoms with van der Waals surface area (Å²) < 4.78 is 57.2. The second-order valence-corrected chi connectivity index (χ2v) is 18.5. The number of anilines is 2. The number of ether oxygens (including phenoxy) is 1. The molecule has 24 heteroatoms. The maximum Gasteiger partial charge on any atom is 0.487 e. The summed E-state index contributed by atoms with van der Waals surface area (Å²) in [6.07, 6.45) is 3.00. The molecule has 304 valence electrons. The molecule has 57 heavy (non-hydrogen) atoms. The Bertz CT molecular complexity index is 2570. The van der Waals surface area contributed by atoms with Crippen LogP contribution in [0.15, 0.2) is 48.9 Å². The molecule has 3 aromatic rings. The highest BCUT2D eigenvalue weighted by atomic mass is 32.1. The van der Waals surface area contributed by atoms with Crippen molar-refractivity contribution in [2.75, 3.05) is 51.5 Å². The van der Waals surface area contributed by atoms with Crippen LogP contribution in [0, 0.1) is 11.8 Å². The molecule has 1 aromatic carbocycles. The van der Waals surface area contributed by atoms with Crippen molar-refractivity contribution in [3.63, 3.8) is 0 Å². The lowest BCUT2D eigenvalue weighted by Crippen LogP contribution is -2.25. The van der Waals surface area contributed by atoms with E-state index in [0.29, 0.717) is 48.8 Å². The number of phosphoric acid groups is 3. The maximum absolute atomic E-state index is 12.7. The first-order chi connectivity index (χ1) is 26.9. The van der Waals surface area contributed by atoms with Crippen molar-refractivity contribution in [1.82, 2.24) is 29.4 Å². The standard InChI is InChI=1S/C33H39N8O12P3S/c1-39(2)22-8-11-25-27(16-22)57-28-17-23(9-12-26(28)38-25)40(3)15-5-7-29(42)35-14-4-6-21-18-41(33-31(21)32(34)36-20-37-33)30-13-10-24(51-30)19-50-55(46,47)53-56(48,49)52-54(43,44)45/h8-9,11-12,16-18,20,24,30H,5,7,10,13-15,19H2,1-3H3,(H6-,34,35,36,37,42,43,44,45,46,47,48,49)/t24-,30+/m0/s1. The molecule has 20 nitrogen and oxygen atoms in total. The average molecular weight is 865 g/mol. The maximum atomic E-state index is 12.7. The minimum absolute atomic E-state index is 0.0661. The van der Waals surface area contributed by atoms with Gasteiger partial charge in [0.05, 0.1) is 51.0 Å². The number of nitrogens with zero attached hydrogens (tertiary/aromatic N) is 6. The highest BCUT2D eigenvalue weighted by Gasteiger charge is 2.39. The lowest BCUT2D eigenvalue weighted by Gasteiger charge is -2.21. The third-order valence-corrected chi connectivity index (χ3v) is 13.5. The quantitative estimate of drug-likeness (QED) is 0.0464. The lowest BCUT2D eigenvalue weighted by atomic mass is 10.2. The van der Waals surface area contributed by atoms with Gasteiger partial charge in [0.25, 0.3) is 7.82 Å². The number of carbonyl (C=O) groups excluding carboxylic acids is 1. The van der Waals surface area contributed by atoms with E-state index in [4.69, 9.17) is 24.9 Å². The molecule has 6 N–H and O–H groups in total. The Morgan fingerprint density at radius 2 is 1.93 bits per heavy atom. The van der Waals surface area contributed by atoms with Gasteiger partial charge in [-0.1, -0.05) is 11.8 Å². The zero-order chi connectivity index (χ0) is 41.1. The monoisotopic (exact) mass is 864 g/mol. The molecule has 6 rings (SSSR count). The first kappa shape index (κ1) is 42.5. The summed E-state index contributed by atoms with van der Waals surface area (Å²) in [6.45, 7) is 0.117. The molecular weight excluding hydrogens is 825 g/mol. The van der Waals surface area contributed by atoms with Gasteiger partial charge in [-0.15, -0.1) is 11.3 Å². The normalized spacial score (nSPS) is 18.7. The van der Waals surface area contributed by atoms with Gasteiger partial charge in [-0.3, -0.25) is 13.9 Å². The topological polar surface area (TPSA) is 277 Å². The number of benzene rings is 2. The van der Waals surface area contributed by atoms with Crippen LogP contribution in [-0.4, -0.2) is 87.0 Å². The highest BCUT2D eigenvalue weighted by Crippen LogP contribution is 2.65. The van der Waals surface area contributed by atoms with Gasteiger partial charge in [-0.25, -0.2) is 33.0 Å². The Kier molecular flexibility index (Phi) is 13.0. The van der Waals surface area contributed by atoms with E-state index in [1.165, 1.54) is 6.33 Å². The fourth-order valence-corrected chi connectivity index (χ4v) is 10.1. The van der Waals surface area contributed by atoms with E-state index >= 15 is 0 Å². The van der Waals surface area contributed by atoms with Crippen LogP contribution in [0.1, 0.15) is 37.5 Å². The van der Waals surface area contributed by atoms with Gasteiger partial charge in [0.15, 0.2) is 0 Å². The van der Waals surface area contributed by atoms with Gasteiger partial charge in [-0.2, -0.15) is 4.31 Å². The third kappa shape index (κ3) is 11.1. The number of hydrogen-bond acceptors (Lipinski definition) is 15. The Balaban J connectivity index is 1.01. The van der Waals surface area contributed by atoms with Gasteiger partial charge in [0.1, 0.15) is 38.1 Å². The average Bonchev–Trinajstić information content (AvgIpc) is 3.75. The van der Waals surface area contributed by atoms with Crippen LogP contribution in [0.3, 0.4) is 0 Å². The molecule has 1 saturated heterocycles. The fourth-order valence-electron chi connectivity index (χ4n) is 6.01. The van der Waals surface area contributed by atoms with Crippen molar-refractivity contribution in [3.8, 4) is 22.4 Å². The number of phosphoric ester groups is 1. The Labute approximate surface area is 329 Å². The molecule has 0 bridgehead atoms. The van der Waals surface area contributed by atoms with E-state index in [1.807, 2.05) is 39.3 Å². The van der Waals surface area contributed by atoms with E-state index in [-0.39, 0.29) is 18.3 Å². The number of hydrogen-bond donors (Lipinski definition) is 5. The number of carbonyl (C=O) groups is 1. The van der Waals surface area contributed by atoms with Gasteiger partial charge in [0.2, 0.25) is 11.3 Å². The molecule has 1 aliphatic carbocycles. The molecule has 4 heterocycles. The van der Waals surface area contributed by atoms with E-state index < -0.39 is 42.4 Å². The number of rotatable bonds is 14. The van der Waals surface area contributed by atoms with Crippen molar-refractivity contribution in [1.29, 1.82) is 0 Å². The van der Waals surface area contributed by atoms with Crippen LogP contribution in [0.2, 0.25) is 0 Å². The summed E-state index contributed by atoms with van der Waals surface area (Å²) in [5, 5.41) is 4.38. The molecule has 0 saturated carbocycles. The smallest absolute Gasteiger partial charge is 0.487 e. The highest BCUT2D eigenvalue weighted by molar-refractivity contribution is 7.66. The fraction of sp³-hybridized carbons (Fsp3) is 0.364. The first-order valence-corrected chi connectivity index (χ1v) is 22.5. The number of nitrogens with one attached hydrogen (secondary N) is 1. The number of nitrogens with two attached hydrogens (primary N) is 1. The number of fused-ring (bicyclic) bond motifs is 3. The second kappa shape index (κ2) is 17.4. The van der Waals surface area contributed by atoms with Gasteiger partial charge >= 0.3 is 15.6 Å². The minimum Gasteiger partial charge on any atom is -0.756 e. The number of amides is 1. The van der Waals surface area contributed by atoms with Crippen LogP contribution in [0.5, 0.6) is 0 Å². The predicted molar refractivity (Wildman–Crippen MR) is 208 cm³/mol. The lowest BCUT2D eigenvalue weighted by molar-refractivity contribution is -0.212. The van der Waals surface area contributed by atoms with Gasteiger partial charge in [0, 0.05) is 44.0 Å². The van der Waals surface area contributed by atoms with Crippen LogP contribution < -0.4 is 30.8 Å². The van der Waals surface area contributed by atoms with Crippen LogP contribution in [0.25, 0.3) is 31.8 Å². The molecule has 0 spiro atoms. The molecule has 2 aromatic heterocycles. The van der Waals surface area contributed by atoms with Crippen molar-refractivity contribution in [2.45, 2.75) is 38.0 Å². The van der Waals surface area contributed by atoms with Crippen molar-refractivity contribution in [3.05, 3.63) is 59.8 Å². The molecular formula is C33H39N8O12P3S. The minimum atomic E-state index is -5.77. The van der Waals surface area contributed by atoms with E-state index in [1.54, 1.807) is 22.1 Å². The summed E-state index contributed by atoms with van der Waals surface area (Å²) >= 11 is 1.69. The van der Waals surface area contributed by atoms with E-state index in [9.17, 15) is 33.2 Å². The first-order valence-electron chi connectivity index (χ1n) is 17.2. The Hall–Kier alpha value is -4.12. The summed E-state index contributed by atoms with van der Waals surface area (Å²) in [5.74, 6) is 5.94. The SMILES string of the molecule is CN(CCCC(=O)NCC#Cc1cn([C@H]2CC[C@@H](COP(=O)(O)OP(=O)(O)OP(=O)([O-])O)O2)c2ncnc(N)c12)c1ccc2nc3ccc(=[N+](C)C)cc-3sc2c1. The Morgan fingerprint density at radius 1 is 1.14 bits per heavy atom. The Morgan fingerprint density at radius 3 is 2.68 bits per heavy atom.